The van der Waals surface area contributed by atoms with Crippen LogP contribution in [-0.4, -0.2) is 55.7 Å². The molecule has 2 aliphatic heterocycles. The summed E-state index contributed by atoms with van der Waals surface area (Å²) in [6.07, 6.45) is 0. The molecule has 0 unspecified atom stereocenters. The predicted molar refractivity (Wildman–Crippen MR) is 112 cm³/mol. The molecule has 10 nitrogen and oxygen atoms in total. The summed E-state index contributed by atoms with van der Waals surface area (Å²) in [6, 6.07) is 9.76. The van der Waals surface area contributed by atoms with Crippen molar-refractivity contribution in [3.8, 4) is 11.5 Å². The first-order valence-corrected chi connectivity index (χ1v) is 10.0. The van der Waals surface area contributed by atoms with E-state index in [0.717, 1.165) is 4.90 Å². The number of carbonyl (C=O) groups excluding carboxylic acids is 3. The Morgan fingerprint density at radius 3 is 2.47 bits per heavy atom. The van der Waals surface area contributed by atoms with E-state index in [1.165, 1.54) is 19.2 Å². The van der Waals surface area contributed by atoms with E-state index in [9.17, 15) is 14.4 Å². The average Bonchev–Trinajstić information content (AvgIpc) is 3.33. The molecule has 2 aromatic rings. The minimum atomic E-state index is -0.927. The number of rotatable bonds is 7. The van der Waals surface area contributed by atoms with Gasteiger partial charge in [0.25, 0.3) is 11.8 Å². The second-order valence-electron chi connectivity index (χ2n) is 7.15. The molecule has 0 N–H and O–H groups in total. The van der Waals surface area contributed by atoms with Crippen molar-refractivity contribution in [2.75, 3.05) is 25.7 Å². The van der Waals surface area contributed by atoms with Crippen LogP contribution < -0.4 is 14.4 Å². The molecule has 4 rings (SSSR count). The van der Waals surface area contributed by atoms with Gasteiger partial charge in [-0.15, -0.1) is 0 Å². The van der Waals surface area contributed by atoms with E-state index in [1.807, 2.05) is 6.92 Å². The molecule has 0 spiro atoms. The van der Waals surface area contributed by atoms with Gasteiger partial charge in [0, 0.05) is 5.56 Å². The highest BCUT2D eigenvalue weighted by atomic mass is 16.5. The van der Waals surface area contributed by atoms with Gasteiger partial charge in [-0.2, -0.15) is 5.11 Å². The molecule has 0 saturated carbocycles. The summed E-state index contributed by atoms with van der Waals surface area (Å²) in [7, 11) is 2.80. The second kappa shape index (κ2) is 8.66. The lowest BCUT2D eigenvalue weighted by atomic mass is 10.1. The van der Waals surface area contributed by atoms with Gasteiger partial charge < -0.3 is 14.2 Å². The van der Waals surface area contributed by atoms with Crippen LogP contribution in [0.15, 0.2) is 52.8 Å². The molecule has 10 heteroatoms. The van der Waals surface area contributed by atoms with Gasteiger partial charge >= 0.3 is 5.97 Å². The van der Waals surface area contributed by atoms with Crippen molar-refractivity contribution in [2.45, 2.75) is 25.6 Å². The Hall–Kier alpha value is -3.95. The summed E-state index contributed by atoms with van der Waals surface area (Å²) >= 11 is 0. The third kappa shape index (κ3) is 3.64. The molecule has 166 valence electrons. The quantitative estimate of drug-likeness (QED) is 0.482. The molecule has 0 aliphatic carbocycles. The fourth-order valence-corrected chi connectivity index (χ4v) is 3.79. The Bertz CT molecular complexity index is 1080. The van der Waals surface area contributed by atoms with Crippen molar-refractivity contribution in [1.82, 2.24) is 5.01 Å². The van der Waals surface area contributed by atoms with Crippen LogP contribution in [0.4, 0.5) is 5.69 Å². The normalized spacial score (nSPS) is 19.3. The SMILES string of the molecule is CCOc1ccc(N2C(=O)[C@H]3N=NN(Cc4cc(C(=O)OC)ccc4OC)[C@@H]3C2=O)cc1. The van der Waals surface area contributed by atoms with Gasteiger partial charge in [-0.25, -0.2) is 9.69 Å². The van der Waals surface area contributed by atoms with Crippen LogP contribution in [0.2, 0.25) is 0 Å². The molecule has 2 aliphatic rings. The van der Waals surface area contributed by atoms with Crippen LogP contribution in [-0.2, 0) is 20.9 Å². The number of imide groups is 1. The fraction of sp³-hybridized carbons (Fsp3) is 0.318. The van der Waals surface area contributed by atoms with Crippen molar-refractivity contribution in [1.29, 1.82) is 0 Å². The molecule has 2 atom stereocenters. The summed E-state index contributed by atoms with van der Waals surface area (Å²) < 4.78 is 15.6. The lowest BCUT2D eigenvalue weighted by Gasteiger charge is -2.22. The van der Waals surface area contributed by atoms with Crippen molar-refractivity contribution < 1.29 is 28.6 Å². The number of fused-ring (bicyclic) bond motifs is 1. The Morgan fingerprint density at radius 2 is 1.81 bits per heavy atom. The maximum atomic E-state index is 13.2. The zero-order valence-corrected chi connectivity index (χ0v) is 17.8. The molecule has 32 heavy (non-hydrogen) atoms. The molecular formula is C22H22N4O6. The topological polar surface area (TPSA) is 110 Å². The Balaban J connectivity index is 1.58. The largest absolute Gasteiger partial charge is 0.496 e. The summed E-state index contributed by atoms with van der Waals surface area (Å²) in [6.45, 7) is 2.51. The Kier molecular flexibility index (Phi) is 5.76. The van der Waals surface area contributed by atoms with Gasteiger partial charge in [-0.3, -0.25) is 14.6 Å². The number of hydrogen-bond donors (Lipinski definition) is 0. The van der Waals surface area contributed by atoms with E-state index in [4.69, 9.17) is 14.2 Å². The molecule has 1 fully saturated rings. The maximum Gasteiger partial charge on any atom is 0.337 e. The van der Waals surface area contributed by atoms with Crippen molar-refractivity contribution in [3.63, 3.8) is 0 Å². The number of nitrogens with zero attached hydrogens (tertiary/aromatic N) is 4. The third-order valence-corrected chi connectivity index (χ3v) is 5.30. The van der Waals surface area contributed by atoms with Crippen molar-refractivity contribution in [2.24, 2.45) is 10.3 Å². The van der Waals surface area contributed by atoms with E-state index < -0.39 is 29.9 Å². The smallest absolute Gasteiger partial charge is 0.337 e. The van der Waals surface area contributed by atoms with E-state index in [-0.39, 0.29) is 6.54 Å². The van der Waals surface area contributed by atoms with Crippen LogP contribution in [0.1, 0.15) is 22.8 Å². The molecular weight excluding hydrogens is 416 g/mol. The highest BCUT2D eigenvalue weighted by molar-refractivity contribution is 6.25. The average molecular weight is 438 g/mol. The van der Waals surface area contributed by atoms with Crippen molar-refractivity contribution in [3.05, 3.63) is 53.6 Å². The number of amides is 2. The first kappa shape index (κ1) is 21.3. The van der Waals surface area contributed by atoms with Crippen LogP contribution in [0.3, 0.4) is 0 Å². The number of hydrogen-bond acceptors (Lipinski definition) is 9. The zero-order valence-electron chi connectivity index (χ0n) is 17.8. The molecule has 2 amide bonds. The fourth-order valence-electron chi connectivity index (χ4n) is 3.79. The zero-order chi connectivity index (χ0) is 22.8. The highest BCUT2D eigenvalue weighted by Crippen LogP contribution is 2.34. The van der Waals surface area contributed by atoms with Crippen LogP contribution in [0.5, 0.6) is 11.5 Å². The van der Waals surface area contributed by atoms with Gasteiger partial charge in [-0.1, -0.05) is 5.22 Å². The number of esters is 1. The number of anilines is 1. The molecule has 0 radical (unpaired) electrons. The van der Waals surface area contributed by atoms with Gasteiger partial charge in [0.1, 0.15) is 11.5 Å². The highest BCUT2D eigenvalue weighted by Gasteiger charge is 2.54. The van der Waals surface area contributed by atoms with Crippen LogP contribution in [0, 0.1) is 0 Å². The first-order chi connectivity index (χ1) is 15.5. The number of carbonyl (C=O) groups is 3. The van der Waals surface area contributed by atoms with E-state index in [0.29, 0.717) is 34.9 Å². The van der Waals surface area contributed by atoms with Gasteiger partial charge in [-0.05, 0) is 49.4 Å². The van der Waals surface area contributed by atoms with Crippen molar-refractivity contribution >= 4 is 23.5 Å². The monoisotopic (exact) mass is 438 g/mol. The summed E-state index contributed by atoms with van der Waals surface area (Å²) in [5, 5.41) is 9.53. The standard InChI is InChI=1S/C22H22N4O6/c1-4-32-16-8-6-15(7-9-16)26-20(27)18-19(21(26)28)25(24-23-18)12-14-11-13(22(29)31-3)5-10-17(14)30-2/h5-11,18-19H,4,12H2,1-3H3/t18-,19-/m0/s1. The van der Waals surface area contributed by atoms with E-state index in [2.05, 4.69) is 10.3 Å². The first-order valence-electron chi connectivity index (χ1n) is 10.0. The Morgan fingerprint density at radius 1 is 1.06 bits per heavy atom. The molecule has 2 heterocycles. The third-order valence-electron chi connectivity index (χ3n) is 5.30. The molecule has 0 aromatic heterocycles. The number of ether oxygens (including phenoxy) is 3. The summed E-state index contributed by atoms with van der Waals surface area (Å²) in [5.41, 5.74) is 1.38. The van der Waals surface area contributed by atoms with E-state index in [1.54, 1.807) is 42.5 Å². The van der Waals surface area contributed by atoms with E-state index >= 15 is 0 Å². The van der Waals surface area contributed by atoms with Crippen LogP contribution in [0.25, 0.3) is 0 Å². The molecule has 2 aromatic carbocycles. The number of benzene rings is 2. The minimum absolute atomic E-state index is 0.120. The molecule has 0 bridgehead atoms. The molecule has 1 saturated heterocycles. The Labute approximate surface area is 184 Å². The number of methoxy groups -OCH3 is 2. The second-order valence-corrected chi connectivity index (χ2v) is 7.15. The summed E-state index contributed by atoms with van der Waals surface area (Å²) in [4.78, 5) is 39.1. The maximum absolute atomic E-state index is 13.2. The minimum Gasteiger partial charge on any atom is -0.496 e. The summed E-state index contributed by atoms with van der Waals surface area (Å²) in [5.74, 6) is -0.197. The van der Waals surface area contributed by atoms with Gasteiger partial charge in [0.05, 0.1) is 38.6 Å². The van der Waals surface area contributed by atoms with Crippen LogP contribution >= 0.6 is 0 Å². The van der Waals surface area contributed by atoms with Gasteiger partial charge in [0.15, 0.2) is 12.1 Å². The lowest BCUT2D eigenvalue weighted by Crippen LogP contribution is -2.39. The lowest BCUT2D eigenvalue weighted by molar-refractivity contribution is -0.123. The van der Waals surface area contributed by atoms with Gasteiger partial charge in [0.2, 0.25) is 0 Å². The predicted octanol–water partition coefficient (Wildman–Crippen LogP) is 2.37.